The highest BCUT2D eigenvalue weighted by Crippen LogP contribution is 2.42. The third-order valence-electron chi connectivity index (χ3n) is 7.79. The van der Waals surface area contributed by atoms with Gasteiger partial charge in [0.05, 0.1) is 12.0 Å². The van der Waals surface area contributed by atoms with Crippen LogP contribution in [0.5, 0.6) is 0 Å². The van der Waals surface area contributed by atoms with Gasteiger partial charge in [0.25, 0.3) is 0 Å². The van der Waals surface area contributed by atoms with Gasteiger partial charge in [-0.1, -0.05) is 43.5 Å². The number of allylic oxidation sites excluding steroid dienone is 1. The summed E-state index contributed by atoms with van der Waals surface area (Å²) in [6.45, 7) is 11.6. The lowest BCUT2D eigenvalue weighted by Crippen LogP contribution is -2.45. The van der Waals surface area contributed by atoms with Crippen molar-refractivity contribution in [1.29, 1.82) is 0 Å². The molecule has 2 heterocycles. The van der Waals surface area contributed by atoms with Crippen LogP contribution in [0.4, 0.5) is 24.5 Å². The fraction of sp³-hybridized carbons (Fsp3) is 0.448. The molecule has 36 heavy (non-hydrogen) atoms. The van der Waals surface area contributed by atoms with Gasteiger partial charge >= 0.3 is 6.18 Å². The summed E-state index contributed by atoms with van der Waals surface area (Å²) < 4.78 is 40.6. The van der Waals surface area contributed by atoms with Crippen molar-refractivity contribution < 1.29 is 13.2 Å². The van der Waals surface area contributed by atoms with Crippen molar-refractivity contribution in [2.45, 2.75) is 31.5 Å². The molecule has 0 amide bonds. The molecule has 2 atom stereocenters. The second-order valence-electron chi connectivity index (χ2n) is 10.5. The number of benzene rings is 2. The third kappa shape index (κ3) is 5.26. The van der Waals surface area contributed by atoms with Gasteiger partial charge in [-0.25, -0.2) is 0 Å². The van der Waals surface area contributed by atoms with Gasteiger partial charge in [-0.15, -0.1) is 0 Å². The normalized spacial score (nSPS) is 23.1. The van der Waals surface area contributed by atoms with E-state index in [0.29, 0.717) is 12.5 Å². The van der Waals surface area contributed by atoms with Crippen LogP contribution in [-0.2, 0) is 0 Å². The Kier molecular flexibility index (Phi) is 6.77. The standard InChI is InChI=1S/C29H35F3N4/c1-20(22-9-10-22)33-25-11-12-26(27(17-25)35-14-13-24(18-35)29(30,31)32)21(2)36-16-15-34(3)19-28(36)23-7-5-4-6-8-23/h4-8,11-12,17,22,24,28,33H,1-2,9-10,13-16,18-19H2,3H3. The zero-order chi connectivity index (χ0) is 25.4. The van der Waals surface area contributed by atoms with Crippen molar-refractivity contribution in [3.63, 3.8) is 0 Å². The van der Waals surface area contributed by atoms with Crippen molar-refractivity contribution in [3.05, 3.63) is 78.5 Å². The molecule has 1 aliphatic carbocycles. The number of piperazine rings is 1. The summed E-state index contributed by atoms with van der Waals surface area (Å²) in [6, 6.07) is 16.5. The van der Waals surface area contributed by atoms with Crippen molar-refractivity contribution in [3.8, 4) is 0 Å². The molecule has 7 heteroatoms. The lowest BCUT2D eigenvalue weighted by atomic mass is 9.99. The number of hydrogen-bond donors (Lipinski definition) is 1. The average Bonchev–Trinajstić information content (AvgIpc) is 3.59. The van der Waals surface area contributed by atoms with Crippen LogP contribution < -0.4 is 10.2 Å². The topological polar surface area (TPSA) is 21.8 Å². The SMILES string of the molecule is C=C(Nc1ccc(C(=C)N2CCN(C)CC2c2ccccc2)c(N2CCC(C(F)(F)F)C2)c1)C1CC1. The first-order valence-corrected chi connectivity index (χ1v) is 12.8. The second-order valence-corrected chi connectivity index (χ2v) is 10.5. The number of alkyl halides is 3. The van der Waals surface area contributed by atoms with Gasteiger partial charge < -0.3 is 20.0 Å². The number of nitrogens with one attached hydrogen (secondary N) is 1. The summed E-state index contributed by atoms with van der Waals surface area (Å²) >= 11 is 0. The fourth-order valence-electron chi connectivity index (χ4n) is 5.44. The zero-order valence-electron chi connectivity index (χ0n) is 20.9. The maximum Gasteiger partial charge on any atom is 0.393 e. The Morgan fingerprint density at radius 2 is 1.69 bits per heavy atom. The molecule has 2 aromatic rings. The van der Waals surface area contributed by atoms with Gasteiger partial charge in [0, 0.05) is 61.1 Å². The van der Waals surface area contributed by atoms with Gasteiger partial charge in [-0.05, 0) is 56.0 Å². The molecule has 0 aromatic heterocycles. The lowest BCUT2D eigenvalue weighted by molar-refractivity contribution is -0.168. The molecule has 0 radical (unpaired) electrons. The van der Waals surface area contributed by atoms with Gasteiger partial charge in [-0.3, -0.25) is 0 Å². The first kappa shape index (κ1) is 24.8. The summed E-state index contributed by atoms with van der Waals surface area (Å²) in [7, 11) is 2.12. The Hall–Kier alpha value is -2.93. The summed E-state index contributed by atoms with van der Waals surface area (Å²) in [5.41, 5.74) is 5.62. The van der Waals surface area contributed by atoms with Crippen LogP contribution in [0.1, 0.15) is 36.4 Å². The maximum atomic E-state index is 13.5. The molecule has 2 aromatic carbocycles. The van der Waals surface area contributed by atoms with Crippen LogP contribution in [0.2, 0.25) is 0 Å². The molecule has 5 rings (SSSR count). The van der Waals surface area contributed by atoms with Crippen LogP contribution in [-0.4, -0.2) is 55.7 Å². The Morgan fingerprint density at radius 1 is 0.944 bits per heavy atom. The van der Waals surface area contributed by atoms with Gasteiger partial charge in [0.15, 0.2) is 0 Å². The molecule has 0 bridgehead atoms. The van der Waals surface area contributed by atoms with E-state index in [9.17, 15) is 13.2 Å². The van der Waals surface area contributed by atoms with E-state index in [0.717, 1.165) is 60.8 Å². The summed E-state index contributed by atoms with van der Waals surface area (Å²) in [5, 5.41) is 3.40. The van der Waals surface area contributed by atoms with E-state index in [-0.39, 0.29) is 19.0 Å². The van der Waals surface area contributed by atoms with Crippen molar-refractivity contribution in [2.75, 3.05) is 50.0 Å². The summed E-state index contributed by atoms with van der Waals surface area (Å²) in [5.74, 6) is -0.821. The number of halogens is 3. The highest BCUT2D eigenvalue weighted by Gasteiger charge is 2.44. The Balaban J connectivity index is 1.47. The van der Waals surface area contributed by atoms with E-state index in [4.69, 9.17) is 0 Å². The molecule has 0 spiro atoms. The molecule has 2 saturated heterocycles. The highest BCUT2D eigenvalue weighted by atomic mass is 19.4. The van der Waals surface area contributed by atoms with E-state index in [2.05, 4.69) is 47.5 Å². The van der Waals surface area contributed by atoms with Crippen molar-refractivity contribution in [1.82, 2.24) is 9.80 Å². The largest absolute Gasteiger partial charge is 0.393 e. The quantitative estimate of drug-likeness (QED) is 0.481. The molecule has 3 fully saturated rings. The maximum absolute atomic E-state index is 13.5. The van der Waals surface area contributed by atoms with E-state index < -0.39 is 12.1 Å². The number of anilines is 2. The summed E-state index contributed by atoms with van der Waals surface area (Å²) in [6.07, 6.45) is -1.80. The number of likely N-dealkylation sites (N-methyl/N-ethyl adjacent to an activating group) is 1. The van der Waals surface area contributed by atoms with E-state index in [1.807, 2.05) is 41.3 Å². The van der Waals surface area contributed by atoms with E-state index in [1.165, 1.54) is 5.56 Å². The van der Waals surface area contributed by atoms with Crippen LogP contribution >= 0.6 is 0 Å². The molecule has 4 nitrogen and oxygen atoms in total. The lowest BCUT2D eigenvalue weighted by Gasteiger charge is -2.43. The third-order valence-corrected chi connectivity index (χ3v) is 7.79. The Morgan fingerprint density at radius 3 is 2.36 bits per heavy atom. The van der Waals surface area contributed by atoms with Gasteiger partial charge in [0.2, 0.25) is 0 Å². The minimum atomic E-state index is -4.18. The van der Waals surface area contributed by atoms with Crippen LogP contribution in [0.15, 0.2) is 67.4 Å². The minimum Gasteiger partial charge on any atom is -0.370 e. The zero-order valence-corrected chi connectivity index (χ0v) is 20.9. The van der Waals surface area contributed by atoms with Crippen LogP contribution in [0.25, 0.3) is 5.70 Å². The van der Waals surface area contributed by atoms with Gasteiger partial charge in [-0.2, -0.15) is 13.2 Å². The first-order chi connectivity index (χ1) is 17.2. The first-order valence-electron chi connectivity index (χ1n) is 12.8. The smallest absolute Gasteiger partial charge is 0.370 e. The number of hydrogen-bond acceptors (Lipinski definition) is 4. The van der Waals surface area contributed by atoms with Crippen molar-refractivity contribution in [2.24, 2.45) is 11.8 Å². The molecule has 1 N–H and O–H groups in total. The van der Waals surface area contributed by atoms with Crippen LogP contribution in [0.3, 0.4) is 0 Å². The summed E-state index contributed by atoms with van der Waals surface area (Å²) in [4.78, 5) is 6.52. The van der Waals surface area contributed by atoms with Crippen LogP contribution in [0, 0.1) is 11.8 Å². The molecule has 2 aliphatic heterocycles. The number of rotatable bonds is 7. The molecular formula is C29H35F3N4. The fourth-order valence-corrected chi connectivity index (χ4v) is 5.44. The van der Waals surface area contributed by atoms with Crippen molar-refractivity contribution >= 4 is 17.1 Å². The van der Waals surface area contributed by atoms with Gasteiger partial charge in [0.1, 0.15) is 0 Å². The Labute approximate surface area is 212 Å². The van der Waals surface area contributed by atoms with E-state index in [1.54, 1.807) is 0 Å². The minimum absolute atomic E-state index is 0.0261. The monoisotopic (exact) mass is 496 g/mol. The average molecular weight is 497 g/mol. The second kappa shape index (κ2) is 9.85. The predicted molar refractivity (Wildman–Crippen MR) is 141 cm³/mol. The number of nitrogens with zero attached hydrogens (tertiary/aromatic N) is 3. The van der Waals surface area contributed by atoms with E-state index >= 15 is 0 Å². The highest BCUT2D eigenvalue weighted by molar-refractivity contribution is 5.79. The molecule has 192 valence electrons. The Bertz CT molecular complexity index is 1110. The molecular weight excluding hydrogens is 461 g/mol. The predicted octanol–water partition coefficient (Wildman–Crippen LogP) is 6.37. The molecule has 2 unspecified atom stereocenters. The molecule has 1 saturated carbocycles. The molecule has 3 aliphatic rings.